The highest BCUT2D eigenvalue weighted by Crippen LogP contribution is 2.31. The van der Waals surface area contributed by atoms with Gasteiger partial charge in [0.25, 0.3) is 0 Å². The standard InChI is InChI=1S/C11H9BrClN3O/c1-14-10-5-11(16-6-15-10)17-9-4-7(12)2-3-8(9)13/h2-6H,1H3,(H,14,15,16). The Bertz CT molecular complexity index is 536. The van der Waals surface area contributed by atoms with E-state index in [1.54, 1.807) is 25.2 Å². The molecule has 0 aliphatic carbocycles. The van der Waals surface area contributed by atoms with E-state index in [-0.39, 0.29) is 0 Å². The van der Waals surface area contributed by atoms with Crippen LogP contribution in [0.25, 0.3) is 0 Å². The van der Waals surface area contributed by atoms with Crippen LogP contribution in [0.15, 0.2) is 35.1 Å². The first-order valence-electron chi connectivity index (χ1n) is 4.82. The minimum atomic E-state index is 0.435. The van der Waals surface area contributed by atoms with Gasteiger partial charge in [0, 0.05) is 17.6 Å². The molecule has 0 saturated heterocycles. The zero-order valence-electron chi connectivity index (χ0n) is 8.95. The van der Waals surface area contributed by atoms with Gasteiger partial charge in [-0.25, -0.2) is 9.97 Å². The molecule has 0 aliphatic rings. The fourth-order valence-corrected chi connectivity index (χ4v) is 1.70. The Kier molecular flexibility index (Phi) is 3.81. The molecule has 1 heterocycles. The third kappa shape index (κ3) is 3.08. The lowest BCUT2D eigenvalue weighted by molar-refractivity contribution is 0.462. The molecule has 1 N–H and O–H groups in total. The van der Waals surface area contributed by atoms with Gasteiger partial charge in [-0.3, -0.25) is 0 Å². The number of anilines is 1. The van der Waals surface area contributed by atoms with E-state index in [4.69, 9.17) is 16.3 Å². The van der Waals surface area contributed by atoms with Crippen molar-refractivity contribution in [3.63, 3.8) is 0 Å². The van der Waals surface area contributed by atoms with Crippen LogP contribution in [0.5, 0.6) is 11.6 Å². The molecule has 0 fully saturated rings. The van der Waals surface area contributed by atoms with Crippen LogP contribution in [0.3, 0.4) is 0 Å². The maximum atomic E-state index is 6.01. The van der Waals surface area contributed by atoms with Crippen molar-refractivity contribution in [3.05, 3.63) is 40.1 Å². The summed E-state index contributed by atoms with van der Waals surface area (Å²) in [6.45, 7) is 0. The molecule has 1 aromatic heterocycles. The van der Waals surface area contributed by atoms with Crippen molar-refractivity contribution >= 4 is 33.3 Å². The number of aromatic nitrogens is 2. The van der Waals surface area contributed by atoms with E-state index < -0.39 is 0 Å². The van der Waals surface area contributed by atoms with Gasteiger partial charge in [-0.15, -0.1) is 0 Å². The van der Waals surface area contributed by atoms with Crippen molar-refractivity contribution in [2.24, 2.45) is 0 Å². The van der Waals surface area contributed by atoms with Gasteiger partial charge in [0.1, 0.15) is 17.9 Å². The first kappa shape index (κ1) is 12.1. The molecule has 0 spiro atoms. The smallest absolute Gasteiger partial charge is 0.224 e. The van der Waals surface area contributed by atoms with Gasteiger partial charge < -0.3 is 10.1 Å². The van der Waals surface area contributed by atoms with E-state index in [0.717, 1.165) is 4.47 Å². The van der Waals surface area contributed by atoms with Crippen LogP contribution in [0.2, 0.25) is 5.02 Å². The Morgan fingerprint density at radius 3 is 2.88 bits per heavy atom. The van der Waals surface area contributed by atoms with E-state index in [0.29, 0.717) is 22.5 Å². The minimum Gasteiger partial charge on any atom is -0.437 e. The predicted molar refractivity (Wildman–Crippen MR) is 70.8 cm³/mol. The highest BCUT2D eigenvalue weighted by atomic mass is 79.9. The second-order valence-electron chi connectivity index (χ2n) is 3.17. The normalized spacial score (nSPS) is 10.1. The predicted octanol–water partition coefficient (Wildman–Crippen LogP) is 3.73. The molecular weight excluding hydrogens is 305 g/mol. The Morgan fingerprint density at radius 2 is 2.12 bits per heavy atom. The zero-order valence-corrected chi connectivity index (χ0v) is 11.3. The van der Waals surface area contributed by atoms with Crippen molar-refractivity contribution < 1.29 is 4.74 Å². The molecule has 2 rings (SSSR count). The molecule has 6 heteroatoms. The average molecular weight is 315 g/mol. The van der Waals surface area contributed by atoms with Gasteiger partial charge in [-0.1, -0.05) is 27.5 Å². The molecule has 0 saturated carbocycles. The summed E-state index contributed by atoms with van der Waals surface area (Å²) in [5.41, 5.74) is 0. The van der Waals surface area contributed by atoms with Crippen LogP contribution < -0.4 is 10.1 Å². The van der Waals surface area contributed by atoms with Crippen molar-refractivity contribution in [3.8, 4) is 11.6 Å². The third-order valence-electron chi connectivity index (χ3n) is 2.01. The molecule has 88 valence electrons. The van der Waals surface area contributed by atoms with Crippen LogP contribution in [0.1, 0.15) is 0 Å². The fourth-order valence-electron chi connectivity index (χ4n) is 1.20. The monoisotopic (exact) mass is 313 g/mol. The highest BCUT2D eigenvalue weighted by molar-refractivity contribution is 9.10. The van der Waals surface area contributed by atoms with Gasteiger partial charge in [-0.05, 0) is 18.2 Å². The number of hydrogen-bond donors (Lipinski definition) is 1. The van der Waals surface area contributed by atoms with Gasteiger partial charge in [0.2, 0.25) is 5.88 Å². The molecule has 0 atom stereocenters. The number of rotatable bonds is 3. The van der Waals surface area contributed by atoms with E-state index in [1.165, 1.54) is 6.33 Å². The molecule has 17 heavy (non-hydrogen) atoms. The van der Waals surface area contributed by atoms with E-state index in [9.17, 15) is 0 Å². The number of halogens is 2. The van der Waals surface area contributed by atoms with Gasteiger partial charge in [0.05, 0.1) is 5.02 Å². The number of benzene rings is 1. The summed E-state index contributed by atoms with van der Waals surface area (Å²) in [5.74, 6) is 1.66. The van der Waals surface area contributed by atoms with Crippen molar-refractivity contribution in [1.29, 1.82) is 0 Å². The summed E-state index contributed by atoms with van der Waals surface area (Å²) in [7, 11) is 1.78. The van der Waals surface area contributed by atoms with Gasteiger partial charge in [0.15, 0.2) is 0 Å². The van der Waals surface area contributed by atoms with Crippen molar-refractivity contribution in [1.82, 2.24) is 9.97 Å². The SMILES string of the molecule is CNc1cc(Oc2cc(Br)ccc2Cl)ncn1. The lowest BCUT2D eigenvalue weighted by Crippen LogP contribution is -1.95. The van der Waals surface area contributed by atoms with Crippen LogP contribution in [0.4, 0.5) is 5.82 Å². The van der Waals surface area contributed by atoms with Gasteiger partial charge >= 0.3 is 0 Å². The fraction of sp³-hybridized carbons (Fsp3) is 0.0909. The first-order valence-corrected chi connectivity index (χ1v) is 5.99. The summed E-state index contributed by atoms with van der Waals surface area (Å²) >= 11 is 9.37. The Morgan fingerprint density at radius 1 is 1.29 bits per heavy atom. The van der Waals surface area contributed by atoms with E-state index >= 15 is 0 Å². The van der Waals surface area contributed by atoms with Crippen molar-refractivity contribution in [2.75, 3.05) is 12.4 Å². The summed E-state index contributed by atoms with van der Waals surface area (Å²) in [6, 6.07) is 7.07. The molecule has 4 nitrogen and oxygen atoms in total. The summed E-state index contributed by atoms with van der Waals surface area (Å²) in [4.78, 5) is 8.00. The number of nitrogens with zero attached hydrogens (tertiary/aromatic N) is 2. The third-order valence-corrected chi connectivity index (χ3v) is 2.81. The molecule has 2 aromatic rings. The quantitative estimate of drug-likeness (QED) is 0.938. The number of hydrogen-bond acceptors (Lipinski definition) is 4. The summed E-state index contributed by atoms with van der Waals surface area (Å²) in [6.07, 6.45) is 1.42. The van der Waals surface area contributed by atoms with Crippen LogP contribution >= 0.6 is 27.5 Å². The summed E-state index contributed by atoms with van der Waals surface area (Å²) < 4.78 is 6.47. The minimum absolute atomic E-state index is 0.435. The summed E-state index contributed by atoms with van der Waals surface area (Å²) in [5, 5.41) is 3.43. The van der Waals surface area contributed by atoms with E-state index in [1.807, 2.05) is 6.07 Å². The van der Waals surface area contributed by atoms with Crippen LogP contribution in [-0.4, -0.2) is 17.0 Å². The van der Waals surface area contributed by atoms with Gasteiger partial charge in [-0.2, -0.15) is 0 Å². The Hall–Kier alpha value is -1.33. The first-order chi connectivity index (χ1) is 8.19. The topological polar surface area (TPSA) is 47.0 Å². The lowest BCUT2D eigenvalue weighted by Gasteiger charge is -2.07. The van der Waals surface area contributed by atoms with Crippen LogP contribution in [-0.2, 0) is 0 Å². The maximum absolute atomic E-state index is 6.01. The molecule has 0 unspecified atom stereocenters. The molecule has 0 aliphatic heterocycles. The Balaban J connectivity index is 2.27. The maximum Gasteiger partial charge on any atom is 0.224 e. The highest BCUT2D eigenvalue weighted by Gasteiger charge is 2.05. The Labute approximate surface area is 112 Å². The molecular formula is C11H9BrClN3O. The average Bonchev–Trinajstić information content (AvgIpc) is 2.34. The molecule has 1 aromatic carbocycles. The lowest BCUT2D eigenvalue weighted by atomic mass is 10.3. The second-order valence-corrected chi connectivity index (χ2v) is 4.49. The number of nitrogens with one attached hydrogen (secondary N) is 1. The number of ether oxygens (including phenoxy) is 1. The van der Waals surface area contributed by atoms with Crippen molar-refractivity contribution in [2.45, 2.75) is 0 Å². The molecule has 0 radical (unpaired) electrons. The molecule has 0 amide bonds. The van der Waals surface area contributed by atoms with E-state index in [2.05, 4.69) is 31.2 Å². The zero-order chi connectivity index (χ0) is 12.3. The second kappa shape index (κ2) is 5.33. The largest absolute Gasteiger partial charge is 0.437 e. The molecule has 0 bridgehead atoms. The van der Waals surface area contributed by atoms with Crippen LogP contribution in [0, 0.1) is 0 Å².